The molecule has 1 saturated heterocycles. The first-order valence-electron chi connectivity index (χ1n) is 5.30. The highest BCUT2D eigenvalue weighted by Gasteiger charge is 2.26. The van der Waals surface area contributed by atoms with E-state index in [1.807, 2.05) is 0 Å². The lowest BCUT2D eigenvalue weighted by Gasteiger charge is -2.34. The van der Waals surface area contributed by atoms with E-state index in [-0.39, 0.29) is 30.4 Å². The standard InChI is InChI=1S/C12H16FNO.ClH/c1-8-7-15-12(9(2)14-8)10-3-5-11(13)6-4-10;/h3-6,8-9,12,14H,7H2,1-2H3;1H/t8-,9+,12-;/m0./s1. The number of morpholine rings is 1. The third-order valence-corrected chi connectivity index (χ3v) is 2.73. The molecule has 1 aromatic rings. The molecule has 0 bridgehead atoms. The first-order chi connectivity index (χ1) is 7.16. The fraction of sp³-hybridized carbons (Fsp3) is 0.500. The summed E-state index contributed by atoms with van der Waals surface area (Å²) in [5.74, 6) is -0.205. The Morgan fingerprint density at radius 1 is 1.25 bits per heavy atom. The predicted octanol–water partition coefficient (Wildman–Crippen LogP) is 2.69. The molecule has 1 N–H and O–H groups in total. The Bertz CT molecular complexity index is 330. The van der Waals surface area contributed by atoms with Crippen LogP contribution in [-0.2, 0) is 4.74 Å². The average Bonchev–Trinajstić information content (AvgIpc) is 2.20. The minimum Gasteiger partial charge on any atom is -0.370 e. The molecule has 1 fully saturated rings. The van der Waals surface area contributed by atoms with Crippen LogP contribution in [0.5, 0.6) is 0 Å². The van der Waals surface area contributed by atoms with Crippen LogP contribution < -0.4 is 5.32 Å². The zero-order chi connectivity index (χ0) is 10.8. The van der Waals surface area contributed by atoms with Crippen molar-refractivity contribution < 1.29 is 9.13 Å². The normalized spacial score (nSPS) is 29.6. The molecule has 0 aliphatic carbocycles. The van der Waals surface area contributed by atoms with Gasteiger partial charge in [-0.15, -0.1) is 12.4 Å². The van der Waals surface area contributed by atoms with Crippen LogP contribution in [0.3, 0.4) is 0 Å². The smallest absolute Gasteiger partial charge is 0.123 e. The number of rotatable bonds is 1. The van der Waals surface area contributed by atoms with Crippen molar-refractivity contribution in [3.8, 4) is 0 Å². The number of hydrogen-bond donors (Lipinski definition) is 1. The van der Waals surface area contributed by atoms with E-state index in [1.54, 1.807) is 12.1 Å². The predicted molar refractivity (Wildman–Crippen MR) is 64.4 cm³/mol. The van der Waals surface area contributed by atoms with E-state index in [2.05, 4.69) is 19.2 Å². The zero-order valence-corrected chi connectivity index (χ0v) is 10.3. The van der Waals surface area contributed by atoms with Crippen molar-refractivity contribution in [3.05, 3.63) is 35.6 Å². The van der Waals surface area contributed by atoms with Crippen molar-refractivity contribution in [3.63, 3.8) is 0 Å². The van der Waals surface area contributed by atoms with Gasteiger partial charge < -0.3 is 10.1 Å². The van der Waals surface area contributed by atoms with Crippen LogP contribution in [0.15, 0.2) is 24.3 Å². The van der Waals surface area contributed by atoms with Crippen molar-refractivity contribution >= 4 is 12.4 Å². The second-order valence-electron chi connectivity index (χ2n) is 4.16. The molecule has 1 aromatic carbocycles. The van der Waals surface area contributed by atoms with Crippen molar-refractivity contribution in [1.29, 1.82) is 0 Å². The SMILES string of the molecule is C[C@H]1CO[C@H](c2ccc(F)cc2)[C@@H](C)N1.Cl. The quantitative estimate of drug-likeness (QED) is 0.822. The molecule has 16 heavy (non-hydrogen) atoms. The van der Waals surface area contributed by atoms with Crippen LogP contribution in [0.4, 0.5) is 4.39 Å². The minimum atomic E-state index is -0.205. The molecule has 2 nitrogen and oxygen atoms in total. The molecule has 2 rings (SSSR count). The van der Waals surface area contributed by atoms with E-state index < -0.39 is 0 Å². The van der Waals surface area contributed by atoms with E-state index in [1.165, 1.54) is 12.1 Å². The molecule has 4 heteroatoms. The van der Waals surface area contributed by atoms with Crippen LogP contribution in [0.1, 0.15) is 25.5 Å². The molecular formula is C12H17ClFNO. The van der Waals surface area contributed by atoms with E-state index in [4.69, 9.17) is 4.74 Å². The van der Waals surface area contributed by atoms with Crippen molar-refractivity contribution in [2.24, 2.45) is 0 Å². The van der Waals surface area contributed by atoms with Gasteiger partial charge >= 0.3 is 0 Å². The summed E-state index contributed by atoms with van der Waals surface area (Å²) >= 11 is 0. The Kier molecular flexibility index (Phi) is 4.71. The molecule has 1 aliphatic rings. The lowest BCUT2D eigenvalue weighted by atomic mass is 10.0. The average molecular weight is 246 g/mol. The summed E-state index contributed by atoms with van der Waals surface area (Å²) < 4.78 is 18.5. The number of ether oxygens (including phenoxy) is 1. The Morgan fingerprint density at radius 2 is 1.88 bits per heavy atom. The summed E-state index contributed by atoms with van der Waals surface area (Å²) in [7, 11) is 0. The number of benzene rings is 1. The van der Waals surface area contributed by atoms with Gasteiger partial charge in [0.1, 0.15) is 5.82 Å². The van der Waals surface area contributed by atoms with Crippen LogP contribution in [-0.4, -0.2) is 18.7 Å². The maximum absolute atomic E-state index is 12.8. The summed E-state index contributed by atoms with van der Waals surface area (Å²) in [6.45, 7) is 4.88. The Balaban J connectivity index is 0.00000128. The zero-order valence-electron chi connectivity index (χ0n) is 9.44. The third-order valence-electron chi connectivity index (χ3n) is 2.73. The lowest BCUT2D eigenvalue weighted by Crippen LogP contribution is -2.47. The van der Waals surface area contributed by atoms with Crippen LogP contribution >= 0.6 is 12.4 Å². The van der Waals surface area contributed by atoms with E-state index in [0.29, 0.717) is 12.6 Å². The van der Waals surface area contributed by atoms with E-state index in [9.17, 15) is 4.39 Å². The highest BCUT2D eigenvalue weighted by molar-refractivity contribution is 5.85. The molecule has 3 atom stereocenters. The van der Waals surface area contributed by atoms with E-state index in [0.717, 1.165) is 5.56 Å². The summed E-state index contributed by atoms with van der Waals surface area (Å²) in [5.41, 5.74) is 1.03. The molecule has 0 unspecified atom stereocenters. The monoisotopic (exact) mass is 245 g/mol. The molecule has 1 aliphatic heterocycles. The summed E-state index contributed by atoms with van der Waals surface area (Å²) in [6.07, 6.45) is 0.0294. The summed E-state index contributed by atoms with van der Waals surface area (Å²) in [5, 5.41) is 3.42. The second kappa shape index (κ2) is 5.62. The van der Waals surface area contributed by atoms with Gasteiger partial charge in [0.25, 0.3) is 0 Å². The first kappa shape index (κ1) is 13.4. The molecule has 90 valence electrons. The van der Waals surface area contributed by atoms with Gasteiger partial charge in [0, 0.05) is 12.1 Å². The van der Waals surface area contributed by atoms with Gasteiger partial charge in [-0.3, -0.25) is 0 Å². The maximum Gasteiger partial charge on any atom is 0.123 e. The highest BCUT2D eigenvalue weighted by atomic mass is 35.5. The molecule has 0 amide bonds. The van der Waals surface area contributed by atoms with Crippen molar-refractivity contribution in [1.82, 2.24) is 5.32 Å². The van der Waals surface area contributed by atoms with Gasteiger partial charge in [-0.25, -0.2) is 4.39 Å². The molecule has 0 radical (unpaired) electrons. The van der Waals surface area contributed by atoms with Gasteiger partial charge in [-0.2, -0.15) is 0 Å². The van der Waals surface area contributed by atoms with E-state index >= 15 is 0 Å². The second-order valence-corrected chi connectivity index (χ2v) is 4.16. The molecule has 0 spiro atoms. The molecular weight excluding hydrogens is 229 g/mol. The molecule has 1 heterocycles. The minimum absolute atomic E-state index is 0. The maximum atomic E-state index is 12.8. The molecule has 0 saturated carbocycles. The van der Waals surface area contributed by atoms with Gasteiger partial charge in [0.2, 0.25) is 0 Å². The van der Waals surface area contributed by atoms with Crippen LogP contribution in [0, 0.1) is 5.82 Å². The van der Waals surface area contributed by atoms with Crippen LogP contribution in [0.2, 0.25) is 0 Å². The molecule has 0 aromatic heterocycles. The largest absolute Gasteiger partial charge is 0.370 e. The number of halogens is 2. The summed E-state index contributed by atoms with van der Waals surface area (Å²) in [6, 6.07) is 7.17. The van der Waals surface area contributed by atoms with Gasteiger partial charge in [0.15, 0.2) is 0 Å². The summed E-state index contributed by atoms with van der Waals surface area (Å²) in [4.78, 5) is 0. The topological polar surface area (TPSA) is 21.3 Å². The Labute approximate surface area is 102 Å². The Morgan fingerprint density at radius 3 is 2.44 bits per heavy atom. The Hall–Kier alpha value is -0.640. The fourth-order valence-corrected chi connectivity index (χ4v) is 2.01. The fourth-order valence-electron chi connectivity index (χ4n) is 2.01. The van der Waals surface area contributed by atoms with Crippen LogP contribution in [0.25, 0.3) is 0 Å². The highest BCUT2D eigenvalue weighted by Crippen LogP contribution is 2.24. The lowest BCUT2D eigenvalue weighted by molar-refractivity contribution is -0.0207. The van der Waals surface area contributed by atoms with Crippen molar-refractivity contribution in [2.45, 2.75) is 32.0 Å². The number of hydrogen-bond acceptors (Lipinski definition) is 2. The van der Waals surface area contributed by atoms with Crippen molar-refractivity contribution in [2.75, 3.05) is 6.61 Å². The number of nitrogens with one attached hydrogen (secondary N) is 1. The van der Waals surface area contributed by atoms with Gasteiger partial charge in [0.05, 0.1) is 12.7 Å². The van der Waals surface area contributed by atoms with Gasteiger partial charge in [-0.05, 0) is 31.5 Å². The third kappa shape index (κ3) is 2.94. The van der Waals surface area contributed by atoms with Gasteiger partial charge in [-0.1, -0.05) is 12.1 Å². The first-order valence-corrected chi connectivity index (χ1v) is 5.30.